The summed E-state index contributed by atoms with van der Waals surface area (Å²) in [6.07, 6.45) is 3.70. The minimum atomic E-state index is 0.731. The lowest BCUT2D eigenvalue weighted by atomic mass is 10.3. The van der Waals surface area contributed by atoms with Crippen LogP contribution < -0.4 is 0 Å². The molecule has 3 nitrogen and oxygen atoms in total. The van der Waals surface area contributed by atoms with Gasteiger partial charge in [-0.25, -0.2) is 0 Å². The summed E-state index contributed by atoms with van der Waals surface area (Å²) in [5.41, 5.74) is 2.15. The third-order valence-corrected chi connectivity index (χ3v) is 2.46. The zero-order chi connectivity index (χ0) is 9.97. The number of H-pyrrole nitrogens is 1. The second-order valence-electron chi connectivity index (χ2n) is 3.14. The molecule has 0 saturated heterocycles. The molecular weight excluding hydrogens is 194 g/mol. The van der Waals surface area contributed by atoms with Crippen LogP contribution in [0.15, 0.2) is 30.6 Å². The van der Waals surface area contributed by atoms with Crippen LogP contribution in [-0.2, 0) is 6.54 Å². The van der Waals surface area contributed by atoms with Crippen molar-refractivity contribution in [2.24, 2.45) is 0 Å². The molecule has 0 amide bonds. The van der Waals surface area contributed by atoms with Crippen LogP contribution >= 0.6 is 12.2 Å². The maximum atomic E-state index is 5.15. The summed E-state index contributed by atoms with van der Waals surface area (Å²) < 4.78 is 2.77. The van der Waals surface area contributed by atoms with Gasteiger partial charge in [-0.15, -0.1) is 0 Å². The van der Waals surface area contributed by atoms with Crippen LogP contribution in [-0.4, -0.2) is 14.5 Å². The summed E-state index contributed by atoms with van der Waals surface area (Å²) in [5.74, 6) is 0. The number of rotatable bonds is 2. The van der Waals surface area contributed by atoms with E-state index in [-0.39, 0.29) is 0 Å². The Morgan fingerprint density at radius 1 is 1.50 bits per heavy atom. The van der Waals surface area contributed by atoms with E-state index in [1.54, 1.807) is 6.20 Å². The highest BCUT2D eigenvalue weighted by atomic mass is 32.1. The smallest absolute Gasteiger partial charge is 0.177 e. The van der Waals surface area contributed by atoms with Crippen molar-refractivity contribution in [1.29, 1.82) is 0 Å². The van der Waals surface area contributed by atoms with E-state index in [0.717, 1.165) is 22.7 Å². The van der Waals surface area contributed by atoms with Crippen molar-refractivity contribution in [3.05, 3.63) is 46.8 Å². The normalized spacial score (nSPS) is 10.4. The molecule has 0 aromatic carbocycles. The molecule has 0 aliphatic heterocycles. The molecule has 0 spiro atoms. The fourth-order valence-electron chi connectivity index (χ4n) is 1.33. The second-order valence-corrected chi connectivity index (χ2v) is 3.53. The van der Waals surface area contributed by atoms with Crippen molar-refractivity contribution in [3.63, 3.8) is 0 Å². The minimum absolute atomic E-state index is 0.731. The number of nitrogens with one attached hydrogen (secondary N) is 1. The molecule has 1 N–H and O–H groups in total. The molecule has 0 unspecified atom stereocenters. The molecule has 0 bridgehead atoms. The van der Waals surface area contributed by atoms with E-state index in [2.05, 4.69) is 9.97 Å². The molecule has 72 valence electrons. The van der Waals surface area contributed by atoms with Crippen LogP contribution in [0.2, 0.25) is 0 Å². The van der Waals surface area contributed by atoms with Crippen LogP contribution in [0.4, 0.5) is 0 Å². The van der Waals surface area contributed by atoms with Crippen molar-refractivity contribution in [3.8, 4) is 0 Å². The van der Waals surface area contributed by atoms with Gasteiger partial charge in [-0.2, -0.15) is 0 Å². The largest absolute Gasteiger partial charge is 0.337 e. The van der Waals surface area contributed by atoms with Crippen molar-refractivity contribution >= 4 is 12.2 Å². The third kappa shape index (κ3) is 1.75. The molecule has 4 heteroatoms. The fourth-order valence-corrected chi connectivity index (χ4v) is 1.60. The molecule has 0 atom stereocenters. The van der Waals surface area contributed by atoms with Gasteiger partial charge in [-0.3, -0.25) is 4.98 Å². The molecule has 0 saturated carbocycles. The Kier molecular flexibility index (Phi) is 2.45. The van der Waals surface area contributed by atoms with Crippen LogP contribution in [0.25, 0.3) is 0 Å². The molecule has 2 heterocycles. The van der Waals surface area contributed by atoms with Gasteiger partial charge in [0.2, 0.25) is 0 Å². The summed E-state index contributed by atoms with van der Waals surface area (Å²) in [6.45, 7) is 2.75. The van der Waals surface area contributed by atoms with Crippen molar-refractivity contribution in [2.45, 2.75) is 13.5 Å². The number of pyridine rings is 1. The highest BCUT2D eigenvalue weighted by molar-refractivity contribution is 7.71. The quantitative estimate of drug-likeness (QED) is 0.763. The number of aryl methyl sites for hydroxylation is 1. The van der Waals surface area contributed by atoms with Gasteiger partial charge in [0.15, 0.2) is 4.77 Å². The van der Waals surface area contributed by atoms with E-state index in [0.29, 0.717) is 0 Å². The summed E-state index contributed by atoms with van der Waals surface area (Å²) in [5, 5.41) is 0. The summed E-state index contributed by atoms with van der Waals surface area (Å²) in [7, 11) is 0. The van der Waals surface area contributed by atoms with Crippen molar-refractivity contribution in [2.75, 3.05) is 0 Å². The standard InChI is InChI=1S/C10H11N3S/c1-8-6-12-10(14)13(8)7-9-4-2-3-5-11-9/h2-6H,7H2,1H3,(H,12,14). The molecule has 0 aliphatic rings. The first-order valence-electron chi connectivity index (χ1n) is 4.42. The van der Waals surface area contributed by atoms with Gasteiger partial charge in [0, 0.05) is 18.1 Å². The Morgan fingerprint density at radius 3 is 2.93 bits per heavy atom. The Bertz CT molecular complexity index is 470. The molecule has 0 aliphatic carbocycles. The zero-order valence-corrected chi connectivity index (χ0v) is 8.71. The lowest BCUT2D eigenvalue weighted by molar-refractivity contribution is 0.738. The Morgan fingerprint density at radius 2 is 2.36 bits per heavy atom. The van der Waals surface area contributed by atoms with E-state index >= 15 is 0 Å². The van der Waals surface area contributed by atoms with Crippen molar-refractivity contribution in [1.82, 2.24) is 14.5 Å². The third-order valence-electron chi connectivity index (χ3n) is 2.12. The molecule has 2 aromatic heterocycles. The Balaban J connectivity index is 2.32. The number of hydrogen-bond donors (Lipinski definition) is 1. The van der Waals surface area contributed by atoms with Crippen LogP contribution in [0, 0.1) is 11.7 Å². The number of hydrogen-bond acceptors (Lipinski definition) is 2. The number of aromatic nitrogens is 3. The lowest BCUT2D eigenvalue weighted by Crippen LogP contribution is -2.03. The Hall–Kier alpha value is -1.42. The van der Waals surface area contributed by atoms with Crippen LogP contribution in [0.5, 0.6) is 0 Å². The highest BCUT2D eigenvalue weighted by Crippen LogP contribution is 2.03. The van der Waals surface area contributed by atoms with Gasteiger partial charge in [-0.05, 0) is 31.3 Å². The van der Waals surface area contributed by atoms with E-state index in [1.165, 1.54) is 0 Å². The lowest BCUT2D eigenvalue weighted by Gasteiger charge is -2.03. The van der Waals surface area contributed by atoms with E-state index < -0.39 is 0 Å². The van der Waals surface area contributed by atoms with E-state index in [9.17, 15) is 0 Å². The predicted octanol–water partition coefficient (Wildman–Crippen LogP) is 2.30. The SMILES string of the molecule is Cc1c[nH]c(=S)n1Cc1ccccn1. The average Bonchev–Trinajstić information content (AvgIpc) is 2.51. The highest BCUT2D eigenvalue weighted by Gasteiger charge is 2.00. The maximum absolute atomic E-state index is 5.15. The van der Waals surface area contributed by atoms with Gasteiger partial charge in [0.25, 0.3) is 0 Å². The van der Waals surface area contributed by atoms with Crippen molar-refractivity contribution < 1.29 is 0 Å². The van der Waals surface area contributed by atoms with Gasteiger partial charge in [0.1, 0.15) is 0 Å². The molecule has 0 fully saturated rings. The van der Waals surface area contributed by atoms with E-state index in [1.807, 2.05) is 35.9 Å². The van der Waals surface area contributed by atoms with E-state index in [4.69, 9.17) is 12.2 Å². The fraction of sp³-hybridized carbons (Fsp3) is 0.200. The number of imidazole rings is 1. The van der Waals surface area contributed by atoms with Crippen LogP contribution in [0.3, 0.4) is 0 Å². The van der Waals surface area contributed by atoms with Crippen LogP contribution in [0.1, 0.15) is 11.4 Å². The molecule has 2 aromatic rings. The minimum Gasteiger partial charge on any atom is -0.337 e. The first-order chi connectivity index (χ1) is 6.77. The molecule has 14 heavy (non-hydrogen) atoms. The summed E-state index contributed by atoms with van der Waals surface area (Å²) in [6, 6.07) is 5.88. The second kappa shape index (κ2) is 3.75. The summed E-state index contributed by atoms with van der Waals surface area (Å²) >= 11 is 5.15. The van der Waals surface area contributed by atoms with Gasteiger partial charge >= 0.3 is 0 Å². The number of nitrogens with zero attached hydrogens (tertiary/aromatic N) is 2. The molecule has 2 rings (SSSR count). The van der Waals surface area contributed by atoms with Gasteiger partial charge in [-0.1, -0.05) is 6.07 Å². The first kappa shape index (κ1) is 9.15. The van der Waals surface area contributed by atoms with Gasteiger partial charge in [0.05, 0.1) is 12.2 Å². The topological polar surface area (TPSA) is 33.6 Å². The summed E-state index contributed by atoms with van der Waals surface area (Å²) in [4.78, 5) is 7.26. The first-order valence-corrected chi connectivity index (χ1v) is 4.83. The molecular formula is C10H11N3S. The zero-order valence-electron chi connectivity index (χ0n) is 7.90. The van der Waals surface area contributed by atoms with Gasteiger partial charge < -0.3 is 9.55 Å². The maximum Gasteiger partial charge on any atom is 0.177 e. The average molecular weight is 205 g/mol. The molecule has 0 radical (unpaired) electrons. The monoisotopic (exact) mass is 205 g/mol. The predicted molar refractivity (Wildman–Crippen MR) is 57.7 cm³/mol. The Labute approximate surface area is 87.4 Å². The number of aromatic amines is 1.